The number of aromatic nitrogens is 4. The zero-order chi connectivity index (χ0) is 19.5. The number of tetrazole rings is 1. The number of nitrogens with zero attached hydrogens (tertiary/aromatic N) is 6. The second-order valence-electron chi connectivity index (χ2n) is 6.64. The molecule has 1 aromatic heterocycles. The number of carbonyl (C=O) groups is 1. The molecule has 1 aliphatic rings. The number of methoxy groups -OCH3 is 1. The Labute approximate surface area is 163 Å². The van der Waals surface area contributed by atoms with E-state index in [0.29, 0.717) is 24.5 Å². The molecule has 0 N–H and O–H groups in total. The van der Waals surface area contributed by atoms with Crippen molar-refractivity contribution in [1.29, 1.82) is 0 Å². The van der Waals surface area contributed by atoms with E-state index in [9.17, 15) is 4.79 Å². The third kappa shape index (κ3) is 3.40. The lowest BCUT2D eigenvalue weighted by molar-refractivity contribution is 0.0746. The van der Waals surface area contributed by atoms with Crippen LogP contribution in [-0.2, 0) is 0 Å². The zero-order valence-electron chi connectivity index (χ0n) is 15.9. The molecule has 28 heavy (non-hydrogen) atoms. The number of para-hydroxylation sites is 2. The SMILES string of the molecule is COc1ccccc1N1CCN(C(=O)c2ccc(-n3nnnc3C)cc2)CC1. The maximum atomic E-state index is 12.9. The predicted molar refractivity (Wildman–Crippen MR) is 105 cm³/mol. The fourth-order valence-corrected chi connectivity index (χ4v) is 3.44. The van der Waals surface area contributed by atoms with Gasteiger partial charge in [-0.25, -0.2) is 0 Å². The van der Waals surface area contributed by atoms with Crippen molar-refractivity contribution < 1.29 is 9.53 Å². The quantitative estimate of drug-likeness (QED) is 0.691. The van der Waals surface area contributed by atoms with E-state index < -0.39 is 0 Å². The van der Waals surface area contributed by atoms with E-state index in [2.05, 4.69) is 26.5 Å². The molecule has 0 unspecified atom stereocenters. The molecule has 0 spiro atoms. The Morgan fingerprint density at radius 2 is 1.71 bits per heavy atom. The summed E-state index contributed by atoms with van der Waals surface area (Å²) < 4.78 is 7.09. The fourth-order valence-electron chi connectivity index (χ4n) is 3.44. The number of benzene rings is 2. The number of hydrogen-bond donors (Lipinski definition) is 0. The van der Waals surface area contributed by atoms with Gasteiger partial charge in [0.1, 0.15) is 5.75 Å². The van der Waals surface area contributed by atoms with Crippen molar-refractivity contribution in [2.24, 2.45) is 0 Å². The minimum absolute atomic E-state index is 0.0414. The molecule has 1 saturated heterocycles. The summed E-state index contributed by atoms with van der Waals surface area (Å²) in [7, 11) is 1.68. The summed E-state index contributed by atoms with van der Waals surface area (Å²) in [6.07, 6.45) is 0. The Kier molecular flexibility index (Phi) is 4.92. The average molecular weight is 378 g/mol. The maximum Gasteiger partial charge on any atom is 0.253 e. The van der Waals surface area contributed by atoms with Gasteiger partial charge in [0.25, 0.3) is 5.91 Å². The molecule has 4 rings (SSSR count). The number of anilines is 1. The summed E-state index contributed by atoms with van der Waals surface area (Å²) in [4.78, 5) is 17.0. The molecule has 0 atom stereocenters. The molecule has 0 saturated carbocycles. The Balaban J connectivity index is 1.42. The van der Waals surface area contributed by atoms with Crippen molar-refractivity contribution in [1.82, 2.24) is 25.1 Å². The first-order valence-corrected chi connectivity index (χ1v) is 9.20. The molecule has 3 aromatic rings. The van der Waals surface area contributed by atoms with Crippen LogP contribution in [0, 0.1) is 6.92 Å². The van der Waals surface area contributed by atoms with E-state index in [1.807, 2.05) is 54.3 Å². The summed E-state index contributed by atoms with van der Waals surface area (Å²) in [6, 6.07) is 15.4. The molecule has 0 aliphatic carbocycles. The Morgan fingerprint density at radius 1 is 1.00 bits per heavy atom. The first kappa shape index (κ1) is 18.0. The summed E-state index contributed by atoms with van der Waals surface area (Å²) >= 11 is 0. The van der Waals surface area contributed by atoms with Crippen molar-refractivity contribution in [2.75, 3.05) is 38.2 Å². The molecule has 8 heteroatoms. The van der Waals surface area contributed by atoms with Gasteiger partial charge in [0.2, 0.25) is 0 Å². The van der Waals surface area contributed by atoms with Gasteiger partial charge in [-0.3, -0.25) is 4.79 Å². The molecule has 1 fully saturated rings. The summed E-state index contributed by atoms with van der Waals surface area (Å²) in [5, 5.41) is 11.5. The van der Waals surface area contributed by atoms with Crippen molar-refractivity contribution in [3.8, 4) is 11.4 Å². The highest BCUT2D eigenvalue weighted by Gasteiger charge is 2.23. The minimum atomic E-state index is 0.0414. The van der Waals surface area contributed by atoms with E-state index in [1.165, 1.54) is 0 Å². The van der Waals surface area contributed by atoms with Crippen molar-refractivity contribution in [3.05, 3.63) is 59.9 Å². The second kappa shape index (κ2) is 7.67. The number of hydrogen-bond acceptors (Lipinski definition) is 6. The molecular formula is C20H22N6O2. The van der Waals surface area contributed by atoms with E-state index in [0.717, 1.165) is 30.2 Å². The standard InChI is InChI=1S/C20H22N6O2/c1-15-21-22-23-26(15)17-9-7-16(8-10-17)20(27)25-13-11-24(12-14-25)18-5-3-4-6-19(18)28-2/h3-10H,11-14H2,1-2H3. The normalized spacial score (nSPS) is 14.2. The van der Waals surface area contributed by atoms with Crippen LogP contribution in [0.5, 0.6) is 5.75 Å². The first-order chi connectivity index (χ1) is 13.7. The summed E-state index contributed by atoms with van der Waals surface area (Å²) in [6.45, 7) is 4.72. The van der Waals surface area contributed by atoms with Crippen LogP contribution >= 0.6 is 0 Å². The highest BCUT2D eigenvalue weighted by Crippen LogP contribution is 2.28. The lowest BCUT2D eigenvalue weighted by atomic mass is 10.1. The second-order valence-corrected chi connectivity index (χ2v) is 6.64. The van der Waals surface area contributed by atoms with Crippen LogP contribution in [0.3, 0.4) is 0 Å². The van der Waals surface area contributed by atoms with Crippen LogP contribution in [0.1, 0.15) is 16.2 Å². The lowest BCUT2D eigenvalue weighted by Crippen LogP contribution is -2.48. The Morgan fingerprint density at radius 3 is 2.36 bits per heavy atom. The van der Waals surface area contributed by atoms with Crippen molar-refractivity contribution in [2.45, 2.75) is 6.92 Å². The molecule has 0 radical (unpaired) electrons. The molecular weight excluding hydrogens is 356 g/mol. The van der Waals surface area contributed by atoms with Crippen LogP contribution < -0.4 is 9.64 Å². The van der Waals surface area contributed by atoms with Crippen molar-refractivity contribution in [3.63, 3.8) is 0 Å². The first-order valence-electron chi connectivity index (χ1n) is 9.20. The third-order valence-corrected chi connectivity index (χ3v) is 4.98. The molecule has 0 bridgehead atoms. The minimum Gasteiger partial charge on any atom is -0.495 e. The number of carbonyl (C=O) groups excluding carboxylic acids is 1. The van der Waals surface area contributed by atoms with Crippen LogP contribution in [-0.4, -0.2) is 64.3 Å². The Bertz CT molecular complexity index is 961. The molecule has 1 aliphatic heterocycles. The number of amides is 1. The van der Waals surface area contributed by atoms with Crippen LogP contribution in [0.25, 0.3) is 5.69 Å². The van der Waals surface area contributed by atoms with Gasteiger partial charge in [0, 0.05) is 31.7 Å². The number of piperazine rings is 1. The van der Waals surface area contributed by atoms with E-state index in [-0.39, 0.29) is 5.91 Å². The fraction of sp³-hybridized carbons (Fsp3) is 0.300. The van der Waals surface area contributed by atoms with Gasteiger partial charge in [-0.2, -0.15) is 4.68 Å². The topological polar surface area (TPSA) is 76.4 Å². The van der Waals surface area contributed by atoms with Gasteiger partial charge in [-0.15, -0.1) is 5.10 Å². The van der Waals surface area contributed by atoms with E-state index in [1.54, 1.807) is 11.8 Å². The lowest BCUT2D eigenvalue weighted by Gasteiger charge is -2.36. The average Bonchev–Trinajstić information content (AvgIpc) is 3.19. The molecule has 8 nitrogen and oxygen atoms in total. The van der Waals surface area contributed by atoms with Gasteiger partial charge < -0.3 is 14.5 Å². The Hall–Kier alpha value is -3.42. The molecule has 2 aromatic carbocycles. The van der Waals surface area contributed by atoms with E-state index >= 15 is 0 Å². The zero-order valence-corrected chi connectivity index (χ0v) is 15.9. The van der Waals surface area contributed by atoms with Crippen LogP contribution in [0.4, 0.5) is 5.69 Å². The predicted octanol–water partition coefficient (Wildman–Crippen LogP) is 1.94. The van der Waals surface area contributed by atoms with Crippen molar-refractivity contribution >= 4 is 11.6 Å². The largest absolute Gasteiger partial charge is 0.495 e. The number of ether oxygens (including phenoxy) is 1. The van der Waals surface area contributed by atoms with Gasteiger partial charge in [0.05, 0.1) is 18.5 Å². The molecule has 2 heterocycles. The van der Waals surface area contributed by atoms with Gasteiger partial charge in [-0.1, -0.05) is 12.1 Å². The van der Waals surface area contributed by atoms with Gasteiger partial charge in [0.15, 0.2) is 5.82 Å². The third-order valence-electron chi connectivity index (χ3n) is 4.98. The summed E-state index contributed by atoms with van der Waals surface area (Å²) in [5.41, 5.74) is 2.57. The number of rotatable bonds is 4. The molecule has 144 valence electrons. The monoisotopic (exact) mass is 378 g/mol. The van der Waals surface area contributed by atoms with Crippen LogP contribution in [0.2, 0.25) is 0 Å². The highest BCUT2D eigenvalue weighted by molar-refractivity contribution is 5.94. The smallest absolute Gasteiger partial charge is 0.253 e. The maximum absolute atomic E-state index is 12.9. The van der Waals surface area contributed by atoms with Gasteiger partial charge >= 0.3 is 0 Å². The highest BCUT2D eigenvalue weighted by atomic mass is 16.5. The summed E-state index contributed by atoms with van der Waals surface area (Å²) in [5.74, 6) is 1.60. The number of aryl methyl sites for hydroxylation is 1. The van der Waals surface area contributed by atoms with E-state index in [4.69, 9.17) is 4.74 Å². The van der Waals surface area contributed by atoms with Crippen LogP contribution in [0.15, 0.2) is 48.5 Å². The molecule has 1 amide bonds. The van der Waals surface area contributed by atoms with Gasteiger partial charge in [-0.05, 0) is 53.7 Å².